The molecule has 0 aliphatic carbocycles. The van der Waals surface area contributed by atoms with E-state index in [1.807, 2.05) is 0 Å². The van der Waals surface area contributed by atoms with E-state index in [0.717, 1.165) is 5.56 Å². The lowest BCUT2D eigenvalue weighted by molar-refractivity contribution is 0.103. The molecule has 0 N–H and O–H groups in total. The molecule has 3 aromatic carbocycles. The van der Waals surface area contributed by atoms with E-state index in [1.54, 1.807) is 53.1 Å². The molecule has 31 heavy (non-hydrogen) atoms. The maximum absolute atomic E-state index is 13.3. The summed E-state index contributed by atoms with van der Waals surface area (Å²) in [6, 6.07) is 15.7. The first-order valence-electron chi connectivity index (χ1n) is 9.51. The van der Waals surface area contributed by atoms with Crippen LogP contribution >= 0.6 is 11.6 Å². The summed E-state index contributed by atoms with van der Waals surface area (Å²) in [6.07, 6.45) is 1.53. The van der Waals surface area contributed by atoms with Gasteiger partial charge >= 0.3 is 0 Å². The van der Waals surface area contributed by atoms with Crippen molar-refractivity contribution < 1.29 is 18.7 Å². The number of fused-ring (bicyclic) bond motifs is 2. The van der Waals surface area contributed by atoms with Gasteiger partial charge in [0.05, 0.1) is 16.5 Å². The Balaban J connectivity index is 1.70. The second-order valence-electron chi connectivity index (χ2n) is 7.18. The minimum atomic E-state index is -0.408. The Kier molecular flexibility index (Phi) is 4.71. The van der Waals surface area contributed by atoms with E-state index in [1.165, 1.54) is 18.3 Å². The second kappa shape index (κ2) is 7.56. The highest BCUT2D eigenvalue weighted by molar-refractivity contribution is 6.30. The van der Waals surface area contributed by atoms with E-state index < -0.39 is 11.2 Å². The molecule has 1 aromatic heterocycles. The molecule has 5 rings (SSSR count). The zero-order valence-electron chi connectivity index (χ0n) is 16.1. The molecule has 0 fully saturated rings. The Hall–Kier alpha value is -3.64. The highest BCUT2D eigenvalue weighted by Crippen LogP contribution is 2.35. The highest BCUT2D eigenvalue weighted by Gasteiger charge is 2.21. The van der Waals surface area contributed by atoms with Crippen LogP contribution < -0.4 is 14.9 Å². The molecule has 0 spiro atoms. The van der Waals surface area contributed by atoms with E-state index in [4.69, 9.17) is 21.1 Å². The number of hydrogen-bond donors (Lipinski definition) is 0. The number of benzene rings is 3. The summed E-state index contributed by atoms with van der Waals surface area (Å²) >= 11 is 5.92. The summed E-state index contributed by atoms with van der Waals surface area (Å²) in [7, 11) is 0. The van der Waals surface area contributed by atoms with Crippen molar-refractivity contribution in [3.63, 3.8) is 0 Å². The molecule has 0 saturated carbocycles. The lowest BCUT2D eigenvalue weighted by Crippen LogP contribution is -2.20. The van der Waals surface area contributed by atoms with Gasteiger partial charge in [-0.15, -0.1) is 0 Å². The number of ketones is 1. The third kappa shape index (κ3) is 3.55. The van der Waals surface area contributed by atoms with Gasteiger partial charge in [0.1, 0.15) is 5.82 Å². The molecule has 1 aliphatic heterocycles. The lowest BCUT2D eigenvalue weighted by Gasteiger charge is -2.14. The van der Waals surface area contributed by atoms with Crippen LogP contribution in [0.5, 0.6) is 11.5 Å². The third-order valence-electron chi connectivity index (χ3n) is 5.19. The zero-order valence-corrected chi connectivity index (χ0v) is 16.9. The fourth-order valence-electron chi connectivity index (χ4n) is 3.62. The van der Waals surface area contributed by atoms with Crippen LogP contribution in [0.4, 0.5) is 4.39 Å². The number of hydrogen-bond acceptors (Lipinski definition) is 4. The number of aromatic nitrogens is 1. The Morgan fingerprint density at radius 2 is 1.68 bits per heavy atom. The van der Waals surface area contributed by atoms with E-state index in [9.17, 15) is 14.0 Å². The monoisotopic (exact) mass is 435 g/mol. The molecule has 0 atom stereocenters. The average Bonchev–Trinajstić information content (AvgIpc) is 3.24. The van der Waals surface area contributed by atoms with Crippen molar-refractivity contribution in [1.29, 1.82) is 0 Å². The maximum atomic E-state index is 13.3. The molecule has 5 nitrogen and oxygen atoms in total. The largest absolute Gasteiger partial charge is 0.454 e. The number of carbonyl (C=O) groups excluding carboxylic acids is 1. The maximum Gasteiger partial charge on any atom is 0.231 e. The van der Waals surface area contributed by atoms with Crippen molar-refractivity contribution in [3.8, 4) is 11.5 Å². The predicted octanol–water partition coefficient (Wildman–Crippen LogP) is 4.80. The summed E-state index contributed by atoms with van der Waals surface area (Å²) in [5.74, 6) is 0.232. The molecule has 2 heterocycles. The summed E-state index contributed by atoms with van der Waals surface area (Å²) in [4.78, 5) is 26.4. The summed E-state index contributed by atoms with van der Waals surface area (Å²) in [6.45, 7) is 0.395. The Morgan fingerprint density at radius 1 is 1.00 bits per heavy atom. The van der Waals surface area contributed by atoms with Crippen LogP contribution in [0.2, 0.25) is 5.02 Å². The van der Waals surface area contributed by atoms with Crippen LogP contribution in [0.25, 0.3) is 10.9 Å². The molecule has 0 saturated heterocycles. The number of halogens is 2. The van der Waals surface area contributed by atoms with Gasteiger partial charge in [0.15, 0.2) is 17.3 Å². The molecular formula is C24H15ClFNO4. The third-order valence-corrected chi connectivity index (χ3v) is 5.44. The fourth-order valence-corrected chi connectivity index (χ4v) is 3.74. The molecule has 0 radical (unpaired) electrons. The van der Waals surface area contributed by atoms with Crippen LogP contribution in [0.3, 0.4) is 0 Å². The van der Waals surface area contributed by atoms with Crippen molar-refractivity contribution in [1.82, 2.24) is 4.57 Å². The highest BCUT2D eigenvalue weighted by atomic mass is 35.5. The van der Waals surface area contributed by atoms with Gasteiger partial charge in [-0.25, -0.2) is 4.39 Å². The molecule has 0 unspecified atom stereocenters. The van der Waals surface area contributed by atoms with Gasteiger partial charge in [-0.2, -0.15) is 0 Å². The summed E-state index contributed by atoms with van der Waals surface area (Å²) in [5, 5.41) is 0.836. The zero-order chi connectivity index (χ0) is 21.5. The van der Waals surface area contributed by atoms with Crippen LogP contribution in [-0.2, 0) is 6.54 Å². The average molecular weight is 436 g/mol. The first-order chi connectivity index (χ1) is 15.0. The normalized spacial score (nSPS) is 12.3. The van der Waals surface area contributed by atoms with Gasteiger partial charge in [-0.05, 0) is 48.0 Å². The van der Waals surface area contributed by atoms with E-state index in [-0.39, 0.29) is 18.2 Å². The Bertz CT molecular complexity index is 1380. The van der Waals surface area contributed by atoms with Crippen molar-refractivity contribution in [3.05, 3.63) is 105 Å². The summed E-state index contributed by atoms with van der Waals surface area (Å²) < 4.78 is 26.0. The van der Waals surface area contributed by atoms with E-state index in [0.29, 0.717) is 39.5 Å². The van der Waals surface area contributed by atoms with Crippen LogP contribution in [0, 0.1) is 5.82 Å². The van der Waals surface area contributed by atoms with Gasteiger partial charge in [-0.1, -0.05) is 23.7 Å². The van der Waals surface area contributed by atoms with Crippen molar-refractivity contribution in [2.24, 2.45) is 0 Å². The van der Waals surface area contributed by atoms with Gasteiger partial charge in [0.25, 0.3) is 0 Å². The lowest BCUT2D eigenvalue weighted by atomic mass is 10.0. The second-order valence-corrected chi connectivity index (χ2v) is 7.62. The number of pyridine rings is 1. The van der Waals surface area contributed by atoms with Gasteiger partial charge < -0.3 is 14.0 Å². The quantitative estimate of drug-likeness (QED) is 0.432. The smallest absolute Gasteiger partial charge is 0.231 e. The summed E-state index contributed by atoms with van der Waals surface area (Å²) in [5.41, 5.74) is 1.38. The first-order valence-corrected chi connectivity index (χ1v) is 9.89. The van der Waals surface area contributed by atoms with Crippen LogP contribution in [0.15, 0.2) is 71.7 Å². The number of rotatable bonds is 4. The molecule has 4 aromatic rings. The topological polar surface area (TPSA) is 57.5 Å². The van der Waals surface area contributed by atoms with Gasteiger partial charge in [0, 0.05) is 29.4 Å². The van der Waals surface area contributed by atoms with E-state index >= 15 is 0 Å². The van der Waals surface area contributed by atoms with E-state index in [2.05, 4.69) is 0 Å². The van der Waals surface area contributed by atoms with Gasteiger partial charge in [0.2, 0.25) is 12.2 Å². The number of nitrogens with zero attached hydrogens (tertiary/aromatic N) is 1. The van der Waals surface area contributed by atoms with Crippen molar-refractivity contribution >= 4 is 28.3 Å². The Morgan fingerprint density at radius 3 is 2.39 bits per heavy atom. The van der Waals surface area contributed by atoms with Crippen molar-refractivity contribution in [2.75, 3.05) is 6.79 Å². The molecule has 0 bridgehead atoms. The van der Waals surface area contributed by atoms with Crippen LogP contribution in [-0.4, -0.2) is 17.1 Å². The predicted molar refractivity (Wildman–Crippen MR) is 115 cm³/mol. The minimum absolute atomic E-state index is 0.0239. The standard InChI is InChI=1S/C24H15ClFNO4/c25-16-5-3-15(4-6-16)23(28)19-12-27(11-14-1-7-17(26)8-2-14)20-10-22-21(30-13-31-22)9-18(20)24(19)29/h1-10,12H,11,13H2. The molecule has 1 aliphatic rings. The number of carbonyl (C=O) groups is 1. The fraction of sp³-hybridized carbons (Fsp3) is 0.0833. The van der Waals surface area contributed by atoms with Crippen LogP contribution in [0.1, 0.15) is 21.5 Å². The van der Waals surface area contributed by atoms with Gasteiger partial charge in [-0.3, -0.25) is 9.59 Å². The van der Waals surface area contributed by atoms with Crippen molar-refractivity contribution in [2.45, 2.75) is 6.54 Å². The minimum Gasteiger partial charge on any atom is -0.454 e. The first kappa shape index (κ1) is 19.3. The molecular weight excluding hydrogens is 421 g/mol. The molecule has 7 heteroatoms. The SMILES string of the molecule is O=C(c1ccc(Cl)cc1)c1cn(Cc2ccc(F)cc2)c2cc3c(cc2c1=O)OCO3. The molecule has 0 amide bonds. The Labute approximate surface area is 181 Å². The number of ether oxygens (including phenoxy) is 2. The molecule has 154 valence electrons.